The summed E-state index contributed by atoms with van der Waals surface area (Å²) >= 11 is 0. The van der Waals surface area contributed by atoms with E-state index in [0.29, 0.717) is 5.56 Å². The summed E-state index contributed by atoms with van der Waals surface area (Å²) in [6, 6.07) is 5.80. The van der Waals surface area contributed by atoms with Crippen LogP contribution in [0.2, 0.25) is 0 Å². The Morgan fingerprint density at radius 3 is 2.40 bits per heavy atom. The van der Waals surface area contributed by atoms with Crippen LogP contribution in [0.25, 0.3) is 0 Å². The third-order valence-electron chi connectivity index (χ3n) is 1.87. The Kier molecular flexibility index (Phi) is 5.42. The largest absolute Gasteiger partial charge is 0.443 e. The number of amides is 1. The number of nitrogens with one attached hydrogen (secondary N) is 1. The second-order valence-electron chi connectivity index (χ2n) is 4.82. The molecule has 0 radical (unpaired) electrons. The van der Waals surface area contributed by atoms with Gasteiger partial charge in [0.15, 0.2) is 0 Å². The number of carbonyl (C=O) groups excluding carboxylic acids is 1. The summed E-state index contributed by atoms with van der Waals surface area (Å²) < 4.78 is 33.0. The SMILES string of the molecule is CC(C)(C)OC(=O)N/N=C/c1ccc(OC(F)F)cc1. The van der Waals surface area contributed by atoms with Crippen molar-refractivity contribution in [2.24, 2.45) is 5.10 Å². The highest BCUT2D eigenvalue weighted by Gasteiger charge is 2.15. The number of hydrogen-bond acceptors (Lipinski definition) is 4. The number of benzene rings is 1. The normalized spacial score (nSPS) is 11.7. The van der Waals surface area contributed by atoms with Gasteiger partial charge >= 0.3 is 12.7 Å². The first-order chi connectivity index (χ1) is 9.26. The van der Waals surface area contributed by atoms with Crippen molar-refractivity contribution in [1.82, 2.24) is 5.43 Å². The van der Waals surface area contributed by atoms with E-state index in [4.69, 9.17) is 4.74 Å². The van der Waals surface area contributed by atoms with Crippen LogP contribution in [0.15, 0.2) is 29.4 Å². The summed E-state index contributed by atoms with van der Waals surface area (Å²) in [6.45, 7) is 2.34. The lowest BCUT2D eigenvalue weighted by Crippen LogP contribution is -2.29. The number of halogens is 2. The van der Waals surface area contributed by atoms with Gasteiger partial charge in [-0.1, -0.05) is 0 Å². The summed E-state index contributed by atoms with van der Waals surface area (Å²) in [7, 11) is 0. The molecule has 0 aromatic heterocycles. The smallest absolute Gasteiger partial charge is 0.428 e. The van der Waals surface area contributed by atoms with Crippen LogP contribution in [0, 0.1) is 0 Å². The summed E-state index contributed by atoms with van der Waals surface area (Å²) in [5, 5.41) is 3.68. The van der Waals surface area contributed by atoms with Crippen molar-refractivity contribution in [2.45, 2.75) is 33.0 Å². The zero-order valence-electron chi connectivity index (χ0n) is 11.4. The maximum atomic E-state index is 11.9. The highest BCUT2D eigenvalue weighted by molar-refractivity contribution is 5.81. The molecule has 110 valence electrons. The molecule has 7 heteroatoms. The van der Waals surface area contributed by atoms with Crippen molar-refractivity contribution < 1.29 is 23.0 Å². The van der Waals surface area contributed by atoms with E-state index in [9.17, 15) is 13.6 Å². The molecule has 0 saturated heterocycles. The van der Waals surface area contributed by atoms with Gasteiger partial charge in [-0.15, -0.1) is 0 Å². The number of carbonyl (C=O) groups is 1. The van der Waals surface area contributed by atoms with Gasteiger partial charge in [0.1, 0.15) is 11.4 Å². The molecule has 20 heavy (non-hydrogen) atoms. The Balaban J connectivity index is 2.48. The van der Waals surface area contributed by atoms with Gasteiger partial charge in [-0.05, 0) is 50.6 Å². The van der Waals surface area contributed by atoms with Crippen molar-refractivity contribution in [3.8, 4) is 5.75 Å². The molecule has 1 rings (SSSR count). The molecule has 0 spiro atoms. The van der Waals surface area contributed by atoms with E-state index in [1.807, 2.05) is 0 Å². The zero-order chi connectivity index (χ0) is 15.2. The summed E-state index contributed by atoms with van der Waals surface area (Å²) in [4.78, 5) is 11.3. The topological polar surface area (TPSA) is 59.9 Å². The van der Waals surface area contributed by atoms with Crippen molar-refractivity contribution in [3.63, 3.8) is 0 Å². The Hall–Kier alpha value is -2.18. The van der Waals surface area contributed by atoms with E-state index in [1.54, 1.807) is 20.8 Å². The average Bonchev–Trinajstić information content (AvgIpc) is 2.28. The molecular weight excluding hydrogens is 270 g/mol. The van der Waals surface area contributed by atoms with Crippen LogP contribution in [-0.4, -0.2) is 24.5 Å². The Morgan fingerprint density at radius 1 is 1.30 bits per heavy atom. The lowest BCUT2D eigenvalue weighted by atomic mass is 10.2. The molecule has 1 N–H and O–H groups in total. The molecule has 0 aliphatic rings. The van der Waals surface area contributed by atoms with E-state index >= 15 is 0 Å². The number of alkyl halides is 2. The van der Waals surface area contributed by atoms with Crippen LogP contribution in [0.3, 0.4) is 0 Å². The third-order valence-corrected chi connectivity index (χ3v) is 1.87. The highest BCUT2D eigenvalue weighted by atomic mass is 19.3. The molecule has 1 amide bonds. The van der Waals surface area contributed by atoms with Gasteiger partial charge in [-0.3, -0.25) is 0 Å². The van der Waals surface area contributed by atoms with Crippen molar-refractivity contribution >= 4 is 12.3 Å². The lowest BCUT2D eigenvalue weighted by Gasteiger charge is -2.18. The fourth-order valence-corrected chi connectivity index (χ4v) is 1.20. The molecule has 0 aliphatic carbocycles. The first-order valence-corrected chi connectivity index (χ1v) is 5.83. The number of ether oxygens (including phenoxy) is 2. The predicted molar refractivity (Wildman–Crippen MR) is 70.0 cm³/mol. The Labute approximate surface area is 115 Å². The lowest BCUT2D eigenvalue weighted by molar-refractivity contribution is -0.0498. The number of nitrogens with zero attached hydrogens (tertiary/aromatic N) is 1. The monoisotopic (exact) mass is 286 g/mol. The number of hydrogen-bond donors (Lipinski definition) is 1. The minimum Gasteiger partial charge on any atom is -0.443 e. The first kappa shape index (κ1) is 15.9. The molecule has 0 heterocycles. The summed E-state index contributed by atoms with van der Waals surface area (Å²) in [5.74, 6) is 0.0530. The molecule has 1 aromatic rings. The van der Waals surface area contributed by atoms with Crippen LogP contribution in [0.1, 0.15) is 26.3 Å². The molecular formula is C13H16F2N2O3. The molecule has 5 nitrogen and oxygen atoms in total. The van der Waals surface area contributed by atoms with Gasteiger partial charge in [-0.25, -0.2) is 10.2 Å². The van der Waals surface area contributed by atoms with E-state index < -0.39 is 18.3 Å². The fraction of sp³-hybridized carbons (Fsp3) is 0.385. The Morgan fingerprint density at radius 2 is 1.90 bits per heavy atom. The molecule has 0 atom stereocenters. The average molecular weight is 286 g/mol. The molecule has 0 saturated carbocycles. The van der Waals surface area contributed by atoms with Crippen LogP contribution >= 0.6 is 0 Å². The maximum Gasteiger partial charge on any atom is 0.428 e. The van der Waals surface area contributed by atoms with Crippen molar-refractivity contribution in [3.05, 3.63) is 29.8 Å². The Bertz CT molecular complexity index is 467. The van der Waals surface area contributed by atoms with Crippen LogP contribution < -0.4 is 10.2 Å². The van der Waals surface area contributed by atoms with E-state index in [-0.39, 0.29) is 5.75 Å². The zero-order valence-corrected chi connectivity index (χ0v) is 11.4. The predicted octanol–water partition coefficient (Wildman–Crippen LogP) is 3.15. The van der Waals surface area contributed by atoms with Gasteiger partial charge < -0.3 is 9.47 Å². The minimum atomic E-state index is -2.86. The fourth-order valence-electron chi connectivity index (χ4n) is 1.20. The summed E-state index contributed by atoms with van der Waals surface area (Å²) in [6.07, 6.45) is 0.683. The quantitative estimate of drug-likeness (QED) is 0.683. The molecule has 0 aliphatic heterocycles. The second-order valence-corrected chi connectivity index (χ2v) is 4.82. The van der Waals surface area contributed by atoms with E-state index in [0.717, 1.165) is 0 Å². The van der Waals surface area contributed by atoms with Gasteiger partial charge in [-0.2, -0.15) is 13.9 Å². The second kappa shape index (κ2) is 6.83. The standard InChI is InChI=1S/C13H16F2N2O3/c1-13(2,3)20-12(18)17-16-8-9-4-6-10(7-5-9)19-11(14)15/h4-8,11H,1-3H3,(H,17,18)/b16-8+. The molecule has 0 fully saturated rings. The van der Waals surface area contributed by atoms with Gasteiger partial charge in [0.05, 0.1) is 6.21 Å². The van der Waals surface area contributed by atoms with Gasteiger partial charge in [0.25, 0.3) is 0 Å². The summed E-state index contributed by atoms with van der Waals surface area (Å²) in [5.41, 5.74) is 2.20. The minimum absolute atomic E-state index is 0.0530. The number of hydrazone groups is 1. The van der Waals surface area contributed by atoms with E-state index in [1.165, 1.54) is 30.5 Å². The van der Waals surface area contributed by atoms with Gasteiger partial charge in [0, 0.05) is 0 Å². The van der Waals surface area contributed by atoms with Crippen LogP contribution in [0.4, 0.5) is 13.6 Å². The third kappa shape index (κ3) is 6.67. The van der Waals surface area contributed by atoms with Crippen molar-refractivity contribution in [2.75, 3.05) is 0 Å². The molecule has 1 aromatic carbocycles. The van der Waals surface area contributed by atoms with Crippen LogP contribution in [-0.2, 0) is 4.74 Å². The maximum absolute atomic E-state index is 11.9. The first-order valence-electron chi connectivity index (χ1n) is 5.83. The van der Waals surface area contributed by atoms with Gasteiger partial charge in [0.2, 0.25) is 0 Å². The van der Waals surface area contributed by atoms with Crippen molar-refractivity contribution in [1.29, 1.82) is 0 Å². The van der Waals surface area contributed by atoms with E-state index in [2.05, 4.69) is 15.3 Å². The number of rotatable bonds is 4. The van der Waals surface area contributed by atoms with Crippen LogP contribution in [0.5, 0.6) is 5.75 Å². The molecule has 0 unspecified atom stereocenters. The highest BCUT2D eigenvalue weighted by Crippen LogP contribution is 2.13. The molecule has 0 bridgehead atoms.